The molecule has 0 amide bonds. The molecule has 1 atom stereocenters. The van der Waals surface area contributed by atoms with Crippen molar-refractivity contribution >= 4 is 15.9 Å². The monoisotopic (exact) mass is 353 g/mol. The second-order valence-electron chi connectivity index (χ2n) is 5.01. The summed E-state index contributed by atoms with van der Waals surface area (Å²) in [7, 11) is 0. The number of rotatable bonds is 6. The maximum atomic E-state index is 14.0. The molecule has 1 unspecified atom stereocenters. The minimum absolute atomic E-state index is 0.167. The Labute approximate surface area is 132 Å². The SMILES string of the molecule is CCCNC(Cc1cccc(Br)c1)c1ccc(F)cc1F. The van der Waals surface area contributed by atoms with E-state index in [0.29, 0.717) is 12.0 Å². The van der Waals surface area contributed by atoms with Crippen LogP contribution in [0.4, 0.5) is 8.78 Å². The van der Waals surface area contributed by atoms with Crippen LogP contribution in [-0.4, -0.2) is 6.54 Å². The van der Waals surface area contributed by atoms with Gasteiger partial charge in [-0.25, -0.2) is 8.78 Å². The highest BCUT2D eigenvalue weighted by Gasteiger charge is 2.16. The van der Waals surface area contributed by atoms with Crippen molar-refractivity contribution in [3.63, 3.8) is 0 Å². The molecule has 0 spiro atoms. The number of hydrogen-bond donors (Lipinski definition) is 1. The molecule has 2 rings (SSSR count). The summed E-state index contributed by atoms with van der Waals surface area (Å²) in [4.78, 5) is 0. The molecular formula is C17H18BrF2N. The van der Waals surface area contributed by atoms with E-state index in [9.17, 15) is 8.78 Å². The van der Waals surface area contributed by atoms with Crippen molar-refractivity contribution in [3.05, 3.63) is 69.7 Å². The Morgan fingerprint density at radius 3 is 2.62 bits per heavy atom. The maximum absolute atomic E-state index is 14.0. The van der Waals surface area contributed by atoms with Crippen LogP contribution in [0.25, 0.3) is 0 Å². The first kappa shape index (κ1) is 16.1. The topological polar surface area (TPSA) is 12.0 Å². The van der Waals surface area contributed by atoms with Crippen LogP contribution in [0.3, 0.4) is 0 Å². The largest absolute Gasteiger partial charge is 0.310 e. The van der Waals surface area contributed by atoms with Crippen molar-refractivity contribution < 1.29 is 8.78 Å². The van der Waals surface area contributed by atoms with E-state index in [1.54, 1.807) is 0 Å². The van der Waals surface area contributed by atoms with Crippen LogP contribution in [0.2, 0.25) is 0 Å². The number of halogens is 3. The predicted molar refractivity (Wildman–Crippen MR) is 85.2 cm³/mol. The summed E-state index contributed by atoms with van der Waals surface area (Å²) in [5.41, 5.74) is 1.60. The predicted octanol–water partition coefficient (Wildman–Crippen LogP) is 5.01. The molecule has 0 aliphatic carbocycles. The molecule has 0 fully saturated rings. The average Bonchev–Trinajstić information content (AvgIpc) is 2.44. The molecule has 1 nitrogen and oxygen atoms in total. The third-order valence-electron chi connectivity index (χ3n) is 3.31. The highest BCUT2D eigenvalue weighted by Crippen LogP contribution is 2.23. The zero-order valence-electron chi connectivity index (χ0n) is 11.9. The first-order valence-corrected chi connectivity index (χ1v) is 7.82. The molecule has 2 aromatic carbocycles. The lowest BCUT2D eigenvalue weighted by Gasteiger charge is -2.20. The Hall–Kier alpha value is -1.26. The highest BCUT2D eigenvalue weighted by atomic mass is 79.9. The van der Waals surface area contributed by atoms with Crippen LogP contribution >= 0.6 is 15.9 Å². The van der Waals surface area contributed by atoms with Gasteiger partial charge in [-0.05, 0) is 43.1 Å². The Kier molecular flexibility index (Phi) is 5.88. The standard InChI is InChI=1S/C17H18BrF2N/c1-2-8-21-17(10-12-4-3-5-13(18)9-12)15-7-6-14(19)11-16(15)20/h3-7,9,11,17,21H,2,8,10H2,1H3. The lowest BCUT2D eigenvalue weighted by molar-refractivity contribution is 0.491. The molecule has 0 aliphatic rings. The average molecular weight is 354 g/mol. The normalized spacial score (nSPS) is 12.4. The van der Waals surface area contributed by atoms with Gasteiger partial charge in [0.2, 0.25) is 0 Å². The van der Waals surface area contributed by atoms with Gasteiger partial charge in [-0.3, -0.25) is 0 Å². The Morgan fingerprint density at radius 1 is 1.14 bits per heavy atom. The lowest BCUT2D eigenvalue weighted by atomic mass is 9.98. The third-order valence-corrected chi connectivity index (χ3v) is 3.80. The molecule has 0 heterocycles. The van der Waals surface area contributed by atoms with Crippen LogP contribution in [0, 0.1) is 11.6 Å². The van der Waals surface area contributed by atoms with Gasteiger partial charge < -0.3 is 5.32 Å². The summed E-state index contributed by atoms with van der Waals surface area (Å²) in [6, 6.07) is 11.5. The summed E-state index contributed by atoms with van der Waals surface area (Å²) in [6.45, 7) is 2.85. The summed E-state index contributed by atoms with van der Waals surface area (Å²) in [5.74, 6) is -1.05. The van der Waals surface area contributed by atoms with Gasteiger partial charge in [0, 0.05) is 22.1 Å². The quantitative estimate of drug-likeness (QED) is 0.769. The van der Waals surface area contributed by atoms with Crippen LogP contribution in [0.1, 0.15) is 30.5 Å². The van der Waals surface area contributed by atoms with E-state index >= 15 is 0 Å². The molecule has 0 bridgehead atoms. The van der Waals surface area contributed by atoms with Gasteiger partial charge >= 0.3 is 0 Å². The first-order chi connectivity index (χ1) is 10.1. The van der Waals surface area contributed by atoms with Gasteiger partial charge in [-0.15, -0.1) is 0 Å². The van der Waals surface area contributed by atoms with Crippen molar-refractivity contribution in [1.29, 1.82) is 0 Å². The van der Waals surface area contributed by atoms with Crippen molar-refractivity contribution in [2.75, 3.05) is 6.54 Å². The molecule has 0 aromatic heterocycles. The second-order valence-corrected chi connectivity index (χ2v) is 5.92. The molecule has 21 heavy (non-hydrogen) atoms. The van der Waals surface area contributed by atoms with Gasteiger partial charge in [0.1, 0.15) is 11.6 Å². The van der Waals surface area contributed by atoms with Crippen LogP contribution in [-0.2, 0) is 6.42 Å². The molecule has 0 radical (unpaired) electrons. The molecule has 0 saturated carbocycles. The van der Waals surface area contributed by atoms with Crippen molar-refractivity contribution in [2.45, 2.75) is 25.8 Å². The fourth-order valence-electron chi connectivity index (χ4n) is 2.29. The van der Waals surface area contributed by atoms with E-state index in [2.05, 4.69) is 28.2 Å². The fraction of sp³-hybridized carbons (Fsp3) is 0.294. The highest BCUT2D eigenvalue weighted by molar-refractivity contribution is 9.10. The van der Waals surface area contributed by atoms with Crippen LogP contribution < -0.4 is 5.32 Å². The summed E-state index contributed by atoms with van der Waals surface area (Å²) >= 11 is 3.44. The molecule has 0 saturated heterocycles. The summed E-state index contributed by atoms with van der Waals surface area (Å²) in [6.07, 6.45) is 1.61. The fourth-order valence-corrected chi connectivity index (χ4v) is 2.74. The molecule has 0 aliphatic heterocycles. The molecular weight excluding hydrogens is 336 g/mol. The summed E-state index contributed by atoms with van der Waals surface area (Å²) in [5, 5.41) is 3.34. The van der Waals surface area contributed by atoms with E-state index in [-0.39, 0.29) is 6.04 Å². The van der Waals surface area contributed by atoms with Crippen molar-refractivity contribution in [1.82, 2.24) is 5.32 Å². The van der Waals surface area contributed by atoms with Gasteiger partial charge in [0.15, 0.2) is 0 Å². The Morgan fingerprint density at radius 2 is 1.95 bits per heavy atom. The van der Waals surface area contributed by atoms with Crippen molar-refractivity contribution in [2.24, 2.45) is 0 Å². The van der Waals surface area contributed by atoms with Gasteiger partial charge in [0.05, 0.1) is 0 Å². The lowest BCUT2D eigenvalue weighted by Crippen LogP contribution is -2.25. The van der Waals surface area contributed by atoms with E-state index in [1.807, 2.05) is 24.3 Å². The van der Waals surface area contributed by atoms with Crippen molar-refractivity contribution in [3.8, 4) is 0 Å². The number of nitrogens with one attached hydrogen (secondary N) is 1. The molecule has 4 heteroatoms. The Bertz CT molecular complexity index is 601. The third kappa shape index (κ3) is 4.61. The smallest absolute Gasteiger partial charge is 0.130 e. The van der Waals surface area contributed by atoms with Crippen LogP contribution in [0.5, 0.6) is 0 Å². The van der Waals surface area contributed by atoms with E-state index in [1.165, 1.54) is 12.1 Å². The first-order valence-electron chi connectivity index (χ1n) is 7.03. The Balaban J connectivity index is 2.25. The number of benzene rings is 2. The zero-order chi connectivity index (χ0) is 15.2. The molecule has 112 valence electrons. The van der Waals surface area contributed by atoms with E-state index in [0.717, 1.165) is 29.1 Å². The second kappa shape index (κ2) is 7.66. The van der Waals surface area contributed by atoms with Crippen LogP contribution in [0.15, 0.2) is 46.9 Å². The number of hydrogen-bond acceptors (Lipinski definition) is 1. The molecule has 1 N–H and O–H groups in total. The van der Waals surface area contributed by atoms with Gasteiger partial charge in [0.25, 0.3) is 0 Å². The van der Waals surface area contributed by atoms with E-state index < -0.39 is 11.6 Å². The van der Waals surface area contributed by atoms with Gasteiger partial charge in [-0.2, -0.15) is 0 Å². The maximum Gasteiger partial charge on any atom is 0.130 e. The molecule has 2 aromatic rings. The minimum atomic E-state index is -0.548. The summed E-state index contributed by atoms with van der Waals surface area (Å²) < 4.78 is 28.1. The zero-order valence-corrected chi connectivity index (χ0v) is 13.5. The van der Waals surface area contributed by atoms with Gasteiger partial charge in [-0.1, -0.05) is 41.1 Å². The van der Waals surface area contributed by atoms with E-state index in [4.69, 9.17) is 0 Å². The minimum Gasteiger partial charge on any atom is -0.310 e.